The first-order valence-corrected chi connectivity index (χ1v) is 10.5. The number of carbonyl (C=O) groups excluding carboxylic acids is 1. The number of nitrogens with zero attached hydrogens (tertiary/aromatic N) is 3. The number of oxime groups is 1. The zero-order valence-corrected chi connectivity index (χ0v) is 17.6. The Morgan fingerprint density at radius 2 is 2.10 bits per heavy atom. The van der Waals surface area contributed by atoms with Crippen LogP contribution in [-0.4, -0.2) is 62.4 Å². The number of aliphatic carboxylic acids is 1. The lowest BCUT2D eigenvalue weighted by Gasteiger charge is -2.16. The van der Waals surface area contributed by atoms with E-state index in [-0.39, 0.29) is 10.8 Å². The first-order chi connectivity index (χ1) is 13.9. The van der Waals surface area contributed by atoms with Gasteiger partial charge in [-0.15, -0.1) is 11.8 Å². The van der Waals surface area contributed by atoms with Crippen molar-refractivity contribution in [3.63, 3.8) is 0 Å². The summed E-state index contributed by atoms with van der Waals surface area (Å²) in [5.74, 6) is -1.20. The quantitative estimate of drug-likeness (QED) is 0.187. The summed E-state index contributed by atoms with van der Waals surface area (Å²) >= 11 is 2.30. The second kappa shape index (κ2) is 10.7. The monoisotopic (exact) mass is 436 g/mol. The van der Waals surface area contributed by atoms with Gasteiger partial charge in [0.15, 0.2) is 5.04 Å². The molecule has 0 radical (unpaired) electrons. The van der Waals surface area contributed by atoms with Gasteiger partial charge < -0.3 is 20.4 Å². The van der Waals surface area contributed by atoms with Gasteiger partial charge in [0.1, 0.15) is 17.5 Å². The van der Waals surface area contributed by atoms with E-state index in [1.54, 1.807) is 24.4 Å². The molecule has 0 aliphatic heterocycles. The minimum absolute atomic E-state index is 0.0556. The van der Waals surface area contributed by atoms with E-state index in [2.05, 4.69) is 20.4 Å². The average Bonchev–Trinajstić information content (AvgIpc) is 2.72. The fourth-order valence-electron chi connectivity index (χ4n) is 2.38. The van der Waals surface area contributed by atoms with E-state index in [0.717, 1.165) is 11.8 Å². The lowest BCUT2D eigenvalue weighted by molar-refractivity contribution is -0.140. The fourth-order valence-corrected chi connectivity index (χ4v) is 4.01. The van der Waals surface area contributed by atoms with E-state index in [1.165, 1.54) is 25.8 Å². The minimum Gasteiger partial charge on any atom is -0.495 e. The molecule has 0 aliphatic carbocycles. The molecule has 29 heavy (non-hydrogen) atoms. The van der Waals surface area contributed by atoms with Crippen LogP contribution in [0.5, 0.6) is 5.75 Å². The topological polar surface area (TPSA) is 134 Å². The van der Waals surface area contributed by atoms with Crippen molar-refractivity contribution in [3.05, 3.63) is 36.2 Å². The van der Waals surface area contributed by atoms with Crippen LogP contribution < -0.4 is 10.1 Å². The van der Waals surface area contributed by atoms with Gasteiger partial charge in [0.2, 0.25) is 5.91 Å². The van der Waals surface area contributed by atoms with Crippen molar-refractivity contribution in [2.75, 3.05) is 19.1 Å². The number of carboxylic acids is 1. The van der Waals surface area contributed by atoms with Gasteiger partial charge in [0, 0.05) is 24.9 Å². The number of hydrogen-bond acceptors (Lipinski definition) is 9. The molecule has 1 unspecified atom stereocenters. The summed E-state index contributed by atoms with van der Waals surface area (Å²) in [4.78, 5) is 32.1. The molecule has 0 spiro atoms. The number of carbonyl (C=O) groups is 2. The molecule has 2 aromatic rings. The van der Waals surface area contributed by atoms with Gasteiger partial charge in [-0.2, -0.15) is 0 Å². The van der Waals surface area contributed by atoms with E-state index in [4.69, 9.17) is 4.74 Å². The van der Waals surface area contributed by atoms with Crippen molar-refractivity contribution in [1.29, 1.82) is 0 Å². The lowest BCUT2D eigenvalue weighted by Crippen LogP contribution is -2.41. The molecule has 0 bridgehead atoms. The van der Waals surface area contributed by atoms with Crippen LogP contribution in [0, 0.1) is 0 Å². The van der Waals surface area contributed by atoms with Gasteiger partial charge in [0.25, 0.3) is 0 Å². The number of rotatable bonds is 8. The Hall–Kier alpha value is -2.79. The van der Waals surface area contributed by atoms with Crippen LogP contribution in [0.1, 0.15) is 12.6 Å². The second-order valence-corrected chi connectivity index (χ2v) is 7.44. The van der Waals surface area contributed by atoms with Crippen LogP contribution in [0.4, 0.5) is 0 Å². The molecule has 2 aromatic heterocycles. The van der Waals surface area contributed by atoms with Crippen LogP contribution in [0.25, 0.3) is 11.4 Å². The molecule has 0 aromatic carbocycles. The normalized spacial score (nSPS) is 12.3. The summed E-state index contributed by atoms with van der Waals surface area (Å²) in [6, 6.07) is 5.97. The summed E-state index contributed by atoms with van der Waals surface area (Å²) in [5.41, 5.74) is 1.44. The van der Waals surface area contributed by atoms with E-state index in [9.17, 15) is 19.9 Å². The molecule has 154 valence electrons. The Kier molecular flexibility index (Phi) is 8.28. The highest BCUT2D eigenvalue weighted by Crippen LogP contribution is 2.35. The molecular weight excluding hydrogens is 416 g/mol. The summed E-state index contributed by atoms with van der Waals surface area (Å²) in [7, 11) is 1.52. The summed E-state index contributed by atoms with van der Waals surface area (Å²) in [6.07, 6.45) is 3.45. The molecule has 1 atom stereocenters. The minimum atomic E-state index is -1.19. The van der Waals surface area contributed by atoms with Gasteiger partial charge >= 0.3 is 5.97 Å². The molecule has 0 saturated heterocycles. The summed E-state index contributed by atoms with van der Waals surface area (Å²) in [6.45, 7) is 1.23. The third kappa shape index (κ3) is 5.84. The zero-order valence-electron chi connectivity index (χ0n) is 15.9. The first kappa shape index (κ1) is 22.5. The predicted molar refractivity (Wildman–Crippen MR) is 112 cm³/mol. The van der Waals surface area contributed by atoms with E-state index in [1.807, 2.05) is 12.3 Å². The van der Waals surface area contributed by atoms with Crippen molar-refractivity contribution in [3.8, 4) is 17.1 Å². The number of ether oxygens (including phenoxy) is 1. The van der Waals surface area contributed by atoms with Crippen LogP contribution in [0.15, 0.2) is 40.5 Å². The smallest absolute Gasteiger partial charge is 0.327 e. The second-order valence-electron chi connectivity index (χ2n) is 5.61. The highest BCUT2D eigenvalue weighted by molar-refractivity contribution is 8.14. The fraction of sp³-hybridized carbons (Fsp3) is 0.278. The number of hydrogen-bond donors (Lipinski definition) is 3. The third-order valence-corrected chi connectivity index (χ3v) is 5.50. The number of aromatic nitrogens is 2. The standard InChI is InChI=1S/C18H20N4O5S2/c1-10(23)20-13(18(24)25)9-29-17(22-26)15-16(28-3)14(27-2)8-12(21-15)11-6-4-5-7-19-11/h4-8,13,26H,9H2,1-3H3,(H,20,23)(H,24,25). The number of methoxy groups -OCH3 is 1. The SMILES string of the molecule is COc1cc(-c2ccccn2)nc(C(=NO)SCC(NC(C)=O)C(=O)O)c1SC. The molecule has 0 aliphatic rings. The van der Waals surface area contributed by atoms with Crippen molar-refractivity contribution in [2.45, 2.75) is 17.9 Å². The molecule has 1 amide bonds. The maximum absolute atomic E-state index is 11.4. The van der Waals surface area contributed by atoms with Gasteiger partial charge in [-0.3, -0.25) is 9.78 Å². The molecule has 2 heterocycles. The maximum atomic E-state index is 11.4. The lowest BCUT2D eigenvalue weighted by atomic mass is 10.2. The van der Waals surface area contributed by atoms with Crippen molar-refractivity contribution in [2.24, 2.45) is 5.16 Å². The van der Waals surface area contributed by atoms with Crippen LogP contribution in [-0.2, 0) is 9.59 Å². The van der Waals surface area contributed by atoms with E-state index < -0.39 is 17.9 Å². The van der Waals surface area contributed by atoms with Crippen molar-refractivity contribution >= 4 is 40.4 Å². The van der Waals surface area contributed by atoms with Crippen LogP contribution in [0.3, 0.4) is 0 Å². The third-order valence-electron chi connectivity index (χ3n) is 3.65. The molecule has 11 heteroatoms. The van der Waals surface area contributed by atoms with Crippen molar-refractivity contribution < 1.29 is 24.6 Å². The molecule has 0 fully saturated rings. The first-order valence-electron chi connectivity index (χ1n) is 8.30. The number of pyridine rings is 2. The van der Waals surface area contributed by atoms with Gasteiger partial charge in [-0.1, -0.05) is 23.0 Å². The largest absolute Gasteiger partial charge is 0.495 e. The zero-order chi connectivity index (χ0) is 21.4. The van der Waals surface area contributed by atoms with Gasteiger partial charge in [0.05, 0.1) is 23.4 Å². The Morgan fingerprint density at radius 1 is 1.34 bits per heavy atom. The van der Waals surface area contributed by atoms with E-state index >= 15 is 0 Å². The Balaban J connectivity index is 2.43. The van der Waals surface area contributed by atoms with E-state index in [0.29, 0.717) is 27.7 Å². The highest BCUT2D eigenvalue weighted by Gasteiger charge is 2.24. The number of nitrogens with one attached hydrogen (secondary N) is 1. The maximum Gasteiger partial charge on any atom is 0.327 e. The number of amides is 1. The Bertz CT molecular complexity index is 909. The molecular formula is C18H20N4O5S2. The Morgan fingerprint density at radius 3 is 2.62 bits per heavy atom. The average molecular weight is 437 g/mol. The van der Waals surface area contributed by atoms with Crippen LogP contribution >= 0.6 is 23.5 Å². The van der Waals surface area contributed by atoms with Crippen LogP contribution in [0.2, 0.25) is 0 Å². The number of carboxylic acid groups (broad SMARTS) is 1. The molecule has 0 saturated carbocycles. The van der Waals surface area contributed by atoms with Gasteiger partial charge in [-0.25, -0.2) is 9.78 Å². The predicted octanol–water partition coefficient (Wildman–Crippen LogP) is 2.33. The summed E-state index contributed by atoms with van der Waals surface area (Å²) < 4.78 is 5.46. The highest BCUT2D eigenvalue weighted by atomic mass is 32.2. The molecule has 9 nitrogen and oxygen atoms in total. The molecule has 3 N–H and O–H groups in total. The Labute approximate surface area is 176 Å². The van der Waals surface area contributed by atoms with Crippen molar-refractivity contribution in [1.82, 2.24) is 15.3 Å². The number of thioether (sulfide) groups is 2. The van der Waals surface area contributed by atoms with Gasteiger partial charge in [-0.05, 0) is 18.4 Å². The molecule has 2 rings (SSSR count). The summed E-state index contributed by atoms with van der Waals surface area (Å²) in [5, 5.41) is 24.6.